The second-order valence-corrected chi connectivity index (χ2v) is 4.39. The van der Waals surface area contributed by atoms with Crippen LogP contribution in [0.2, 0.25) is 0 Å². The number of alkyl halides is 3. The third-order valence-corrected chi connectivity index (χ3v) is 2.62. The van der Waals surface area contributed by atoms with E-state index < -0.39 is 12.7 Å². The molecule has 104 valence electrons. The van der Waals surface area contributed by atoms with E-state index in [-0.39, 0.29) is 12.1 Å². The normalized spacial score (nSPS) is 11.2. The number of nitrogens with zero attached hydrogens (tertiary/aromatic N) is 3. The Balaban J connectivity index is 3.26. The van der Waals surface area contributed by atoms with Crippen molar-refractivity contribution < 1.29 is 13.2 Å². The van der Waals surface area contributed by atoms with Crippen molar-refractivity contribution in [3.8, 4) is 6.07 Å². The predicted octanol–water partition coefficient (Wildman–Crippen LogP) is 3.35. The van der Waals surface area contributed by atoms with Gasteiger partial charge in [-0.3, -0.25) is 4.98 Å². The molecule has 0 saturated heterocycles. The summed E-state index contributed by atoms with van der Waals surface area (Å²) in [6.45, 7) is 4.33. The predicted molar refractivity (Wildman–Crippen MR) is 67.0 cm³/mol. The maximum Gasteiger partial charge on any atom is 0.405 e. The SMILES string of the molecule is CCCN(CC(F)(F)F)c1cc(C)nc(C)c1C#N. The number of hydrogen-bond donors (Lipinski definition) is 0. The summed E-state index contributed by atoms with van der Waals surface area (Å²) in [6, 6.07) is 3.48. The molecule has 0 amide bonds. The van der Waals surface area contributed by atoms with Gasteiger partial charge in [0.2, 0.25) is 0 Å². The van der Waals surface area contributed by atoms with Gasteiger partial charge < -0.3 is 4.90 Å². The van der Waals surface area contributed by atoms with Crippen molar-refractivity contribution in [2.45, 2.75) is 33.4 Å². The highest BCUT2D eigenvalue weighted by molar-refractivity contribution is 5.61. The van der Waals surface area contributed by atoms with Gasteiger partial charge in [-0.15, -0.1) is 0 Å². The molecule has 19 heavy (non-hydrogen) atoms. The zero-order valence-corrected chi connectivity index (χ0v) is 11.2. The van der Waals surface area contributed by atoms with Crippen LogP contribution in [0.3, 0.4) is 0 Å². The summed E-state index contributed by atoms with van der Waals surface area (Å²) in [5, 5.41) is 9.11. The smallest absolute Gasteiger partial charge is 0.361 e. The van der Waals surface area contributed by atoms with Gasteiger partial charge in [-0.25, -0.2) is 0 Å². The number of rotatable bonds is 4. The highest BCUT2D eigenvalue weighted by atomic mass is 19.4. The number of aromatic nitrogens is 1. The summed E-state index contributed by atoms with van der Waals surface area (Å²) in [6.07, 6.45) is -3.73. The largest absolute Gasteiger partial charge is 0.405 e. The van der Waals surface area contributed by atoms with Crippen molar-refractivity contribution in [1.29, 1.82) is 5.26 Å². The van der Waals surface area contributed by atoms with E-state index in [2.05, 4.69) is 4.98 Å². The van der Waals surface area contributed by atoms with Crippen LogP contribution in [0.1, 0.15) is 30.3 Å². The lowest BCUT2D eigenvalue weighted by Gasteiger charge is -2.27. The van der Waals surface area contributed by atoms with E-state index in [0.717, 1.165) is 0 Å². The minimum atomic E-state index is -4.30. The first-order valence-electron chi connectivity index (χ1n) is 5.98. The number of anilines is 1. The fourth-order valence-corrected chi connectivity index (χ4v) is 1.97. The Labute approximate surface area is 110 Å². The van der Waals surface area contributed by atoms with Crippen molar-refractivity contribution in [2.75, 3.05) is 18.0 Å². The first-order chi connectivity index (χ1) is 8.78. The van der Waals surface area contributed by atoms with Gasteiger partial charge in [0, 0.05) is 12.2 Å². The van der Waals surface area contributed by atoms with Crippen LogP contribution in [0.5, 0.6) is 0 Å². The topological polar surface area (TPSA) is 39.9 Å². The second kappa shape index (κ2) is 5.91. The Morgan fingerprint density at radius 3 is 2.47 bits per heavy atom. The average molecular weight is 271 g/mol. The quantitative estimate of drug-likeness (QED) is 0.843. The molecule has 0 spiro atoms. The van der Waals surface area contributed by atoms with E-state index in [9.17, 15) is 13.2 Å². The van der Waals surface area contributed by atoms with Crippen molar-refractivity contribution in [2.24, 2.45) is 0 Å². The molecule has 0 aliphatic carbocycles. The number of pyridine rings is 1. The summed E-state index contributed by atoms with van der Waals surface area (Å²) in [5.41, 5.74) is 1.59. The molecule has 0 atom stereocenters. The van der Waals surface area contributed by atoms with Crippen LogP contribution in [0.25, 0.3) is 0 Å². The van der Waals surface area contributed by atoms with Crippen LogP contribution in [-0.2, 0) is 0 Å². The minimum absolute atomic E-state index is 0.211. The van der Waals surface area contributed by atoms with Crippen molar-refractivity contribution in [3.05, 3.63) is 23.0 Å². The average Bonchev–Trinajstić information content (AvgIpc) is 2.25. The Kier molecular flexibility index (Phi) is 4.76. The van der Waals surface area contributed by atoms with Gasteiger partial charge in [0.05, 0.1) is 16.9 Å². The van der Waals surface area contributed by atoms with E-state index in [0.29, 0.717) is 23.5 Å². The first kappa shape index (κ1) is 15.3. The highest BCUT2D eigenvalue weighted by Gasteiger charge is 2.31. The van der Waals surface area contributed by atoms with Crippen molar-refractivity contribution in [1.82, 2.24) is 4.98 Å². The molecule has 3 nitrogen and oxygen atoms in total. The molecular formula is C13H16F3N3. The molecule has 1 heterocycles. The molecule has 6 heteroatoms. The number of aryl methyl sites for hydroxylation is 2. The molecule has 0 aliphatic rings. The monoisotopic (exact) mass is 271 g/mol. The first-order valence-corrected chi connectivity index (χ1v) is 5.98. The molecule has 1 aromatic heterocycles. The van der Waals surface area contributed by atoms with Crippen LogP contribution in [0.15, 0.2) is 6.07 Å². The molecule has 1 aromatic rings. The van der Waals surface area contributed by atoms with E-state index in [4.69, 9.17) is 5.26 Å². The van der Waals surface area contributed by atoms with E-state index in [1.165, 1.54) is 11.0 Å². The Morgan fingerprint density at radius 2 is 2.00 bits per heavy atom. The van der Waals surface area contributed by atoms with Gasteiger partial charge in [0.25, 0.3) is 0 Å². The van der Waals surface area contributed by atoms with Gasteiger partial charge in [0.15, 0.2) is 0 Å². The zero-order chi connectivity index (χ0) is 14.6. The third kappa shape index (κ3) is 4.12. The molecule has 0 bridgehead atoms. The van der Waals surface area contributed by atoms with E-state index >= 15 is 0 Å². The van der Waals surface area contributed by atoms with Crippen LogP contribution >= 0.6 is 0 Å². The Bertz CT molecular complexity index is 489. The summed E-state index contributed by atoms with van der Waals surface area (Å²) >= 11 is 0. The molecule has 0 saturated carbocycles. The lowest BCUT2D eigenvalue weighted by Crippen LogP contribution is -2.35. The van der Waals surface area contributed by atoms with Crippen LogP contribution < -0.4 is 4.90 Å². The van der Waals surface area contributed by atoms with E-state index in [1.54, 1.807) is 20.8 Å². The van der Waals surface area contributed by atoms with Crippen LogP contribution in [0, 0.1) is 25.2 Å². The summed E-state index contributed by atoms with van der Waals surface area (Å²) < 4.78 is 37.8. The second-order valence-electron chi connectivity index (χ2n) is 4.39. The Morgan fingerprint density at radius 1 is 1.37 bits per heavy atom. The molecule has 0 aliphatic heterocycles. The Hall–Kier alpha value is -1.77. The van der Waals surface area contributed by atoms with Crippen molar-refractivity contribution in [3.63, 3.8) is 0 Å². The maximum atomic E-state index is 12.6. The van der Waals surface area contributed by atoms with Gasteiger partial charge in [-0.2, -0.15) is 18.4 Å². The number of nitriles is 1. The standard InChI is InChI=1S/C13H16F3N3/c1-4-5-19(8-13(14,15)16)12-6-9(2)18-10(3)11(12)7-17/h6H,4-5,8H2,1-3H3. The number of halogens is 3. The number of hydrogen-bond acceptors (Lipinski definition) is 3. The third-order valence-electron chi connectivity index (χ3n) is 2.62. The summed E-state index contributed by atoms with van der Waals surface area (Å²) in [5.74, 6) is 0. The minimum Gasteiger partial charge on any atom is -0.361 e. The van der Waals surface area contributed by atoms with Crippen molar-refractivity contribution >= 4 is 5.69 Å². The summed E-state index contributed by atoms with van der Waals surface area (Å²) in [4.78, 5) is 5.31. The molecule has 0 unspecified atom stereocenters. The van der Waals surface area contributed by atoms with Gasteiger partial charge in [-0.1, -0.05) is 6.92 Å². The fourth-order valence-electron chi connectivity index (χ4n) is 1.97. The molecule has 0 radical (unpaired) electrons. The lowest BCUT2D eigenvalue weighted by molar-refractivity contribution is -0.119. The molecular weight excluding hydrogens is 255 g/mol. The fraction of sp³-hybridized carbons (Fsp3) is 0.538. The molecule has 0 N–H and O–H groups in total. The molecule has 1 rings (SSSR count). The maximum absolute atomic E-state index is 12.6. The summed E-state index contributed by atoms with van der Waals surface area (Å²) in [7, 11) is 0. The van der Waals surface area contributed by atoms with E-state index in [1.807, 2.05) is 6.07 Å². The zero-order valence-electron chi connectivity index (χ0n) is 11.2. The molecule has 0 fully saturated rings. The molecule has 0 aromatic carbocycles. The van der Waals surface area contributed by atoms with Gasteiger partial charge in [0.1, 0.15) is 12.6 Å². The lowest BCUT2D eigenvalue weighted by atomic mass is 10.1. The van der Waals surface area contributed by atoms with Gasteiger partial charge >= 0.3 is 6.18 Å². The van der Waals surface area contributed by atoms with Gasteiger partial charge in [-0.05, 0) is 26.3 Å². The highest BCUT2D eigenvalue weighted by Crippen LogP contribution is 2.27. The van der Waals surface area contributed by atoms with Crippen LogP contribution in [0.4, 0.5) is 18.9 Å². The van der Waals surface area contributed by atoms with Crippen LogP contribution in [-0.4, -0.2) is 24.2 Å².